The van der Waals surface area contributed by atoms with Crippen molar-refractivity contribution < 1.29 is 28.6 Å². The summed E-state index contributed by atoms with van der Waals surface area (Å²) in [5, 5.41) is 0. The molecule has 6 nitrogen and oxygen atoms in total. The lowest BCUT2D eigenvalue weighted by atomic mass is 10.1. The molecule has 0 fully saturated rings. The van der Waals surface area contributed by atoms with Gasteiger partial charge in [0.15, 0.2) is 6.10 Å². The van der Waals surface area contributed by atoms with Crippen LogP contribution < -0.4 is 0 Å². The number of carbonyl (C=O) groups excluding carboxylic acids is 3. The smallest absolute Gasteiger partial charge is 0.306 e. The number of hydrogen-bond donors (Lipinski definition) is 0. The fourth-order valence-corrected chi connectivity index (χ4v) is 6.52. The van der Waals surface area contributed by atoms with Gasteiger partial charge in [-0.3, -0.25) is 14.4 Å². The second kappa shape index (κ2) is 47.5. The van der Waals surface area contributed by atoms with Gasteiger partial charge in [-0.1, -0.05) is 190 Å². The maximum absolute atomic E-state index is 12.7. The molecule has 0 rings (SSSR count). The van der Waals surface area contributed by atoms with E-state index in [9.17, 15) is 14.4 Å². The zero-order valence-corrected chi connectivity index (χ0v) is 38.5. The van der Waals surface area contributed by atoms with Crippen LogP contribution in [-0.2, 0) is 28.6 Å². The zero-order chi connectivity index (χ0) is 43.0. The van der Waals surface area contributed by atoms with Gasteiger partial charge in [0.25, 0.3) is 0 Å². The Morgan fingerprint density at radius 2 is 0.661 bits per heavy atom. The first-order valence-electron chi connectivity index (χ1n) is 24.4. The van der Waals surface area contributed by atoms with Gasteiger partial charge in [-0.05, 0) is 89.9 Å². The summed E-state index contributed by atoms with van der Waals surface area (Å²) in [6.45, 7) is 6.42. The average molecular weight is 823 g/mol. The molecule has 0 aliphatic carbocycles. The molecule has 0 aliphatic rings. The summed E-state index contributed by atoms with van der Waals surface area (Å²) in [7, 11) is 0. The standard InChI is InChI=1S/C53H90O6/c1-4-7-10-13-16-18-20-22-23-24-25-26-27-28-29-31-32-34-37-40-43-46-52(55)58-49-50(48-57-51(54)45-42-39-36-15-12-9-6-3)59-53(56)47-44-41-38-35-33-30-21-19-17-14-11-8-5-2/h8,11,17,19-20,22,24-25,27-28,30,33,50H,4-7,9-10,12-16,18,21,23,26,29,31-32,34-49H2,1-3H3/b11-8-,19-17-,22-20-,25-24-,28-27-,33-30-. The fraction of sp³-hybridized carbons (Fsp3) is 0.717. The Kier molecular flexibility index (Phi) is 45.0. The molecule has 0 bridgehead atoms. The molecular formula is C53H90O6. The van der Waals surface area contributed by atoms with Crippen molar-refractivity contribution in [2.24, 2.45) is 0 Å². The van der Waals surface area contributed by atoms with E-state index in [1.165, 1.54) is 83.5 Å². The van der Waals surface area contributed by atoms with E-state index in [0.717, 1.165) is 103 Å². The molecule has 0 heterocycles. The SMILES string of the molecule is CC/C=C\C/C=C\C/C=C\CCCCCC(=O)OC(COC(=O)CCCCCCCCC)COC(=O)CCCCCCCC/C=C\C/C=C\C/C=C\CCCCCCC. The molecular weight excluding hydrogens is 733 g/mol. The summed E-state index contributed by atoms with van der Waals surface area (Å²) < 4.78 is 16.6. The van der Waals surface area contributed by atoms with Gasteiger partial charge in [-0.15, -0.1) is 0 Å². The molecule has 0 saturated heterocycles. The van der Waals surface area contributed by atoms with Gasteiger partial charge in [0.1, 0.15) is 13.2 Å². The number of ether oxygens (including phenoxy) is 3. The number of carbonyl (C=O) groups is 3. The predicted molar refractivity (Wildman–Crippen MR) is 251 cm³/mol. The third-order valence-corrected chi connectivity index (χ3v) is 10.2. The van der Waals surface area contributed by atoms with Crippen LogP contribution in [0.4, 0.5) is 0 Å². The lowest BCUT2D eigenvalue weighted by Crippen LogP contribution is -2.30. The highest BCUT2D eigenvalue weighted by Gasteiger charge is 2.19. The number of hydrogen-bond acceptors (Lipinski definition) is 6. The largest absolute Gasteiger partial charge is 0.462 e. The first kappa shape index (κ1) is 55.9. The maximum Gasteiger partial charge on any atom is 0.306 e. The van der Waals surface area contributed by atoms with Crippen molar-refractivity contribution in [1.29, 1.82) is 0 Å². The van der Waals surface area contributed by atoms with Gasteiger partial charge in [-0.25, -0.2) is 0 Å². The Morgan fingerprint density at radius 3 is 1.05 bits per heavy atom. The number of rotatable bonds is 43. The second-order valence-corrected chi connectivity index (χ2v) is 16.0. The lowest BCUT2D eigenvalue weighted by Gasteiger charge is -2.18. The quantitative estimate of drug-likeness (QED) is 0.0264. The number of unbranched alkanes of at least 4 members (excludes halogenated alkanes) is 20. The molecule has 338 valence electrons. The zero-order valence-electron chi connectivity index (χ0n) is 38.5. The third kappa shape index (κ3) is 45.8. The van der Waals surface area contributed by atoms with Crippen molar-refractivity contribution in [2.45, 2.75) is 232 Å². The Hall–Kier alpha value is -3.15. The van der Waals surface area contributed by atoms with Gasteiger partial charge < -0.3 is 14.2 Å². The van der Waals surface area contributed by atoms with Crippen molar-refractivity contribution in [3.63, 3.8) is 0 Å². The third-order valence-electron chi connectivity index (χ3n) is 10.2. The maximum atomic E-state index is 12.7. The molecule has 0 aromatic heterocycles. The second-order valence-electron chi connectivity index (χ2n) is 16.0. The first-order chi connectivity index (χ1) is 29.0. The van der Waals surface area contributed by atoms with Crippen LogP contribution in [0.2, 0.25) is 0 Å². The summed E-state index contributed by atoms with van der Waals surface area (Å²) >= 11 is 0. The summed E-state index contributed by atoms with van der Waals surface area (Å²) in [5.74, 6) is -0.944. The highest BCUT2D eigenvalue weighted by molar-refractivity contribution is 5.71. The Bertz CT molecular complexity index is 1130. The fourth-order valence-electron chi connectivity index (χ4n) is 6.52. The van der Waals surface area contributed by atoms with Gasteiger partial charge in [0.2, 0.25) is 0 Å². The molecule has 0 amide bonds. The minimum absolute atomic E-state index is 0.0919. The summed E-state index contributed by atoms with van der Waals surface area (Å²) in [6, 6.07) is 0. The van der Waals surface area contributed by atoms with Gasteiger partial charge in [-0.2, -0.15) is 0 Å². The van der Waals surface area contributed by atoms with Crippen LogP contribution >= 0.6 is 0 Å². The van der Waals surface area contributed by atoms with E-state index in [-0.39, 0.29) is 31.1 Å². The Labute approximate surface area is 363 Å². The molecule has 0 aromatic carbocycles. The summed E-state index contributed by atoms with van der Waals surface area (Å²) in [5.41, 5.74) is 0. The van der Waals surface area contributed by atoms with Crippen LogP contribution in [0.3, 0.4) is 0 Å². The molecule has 59 heavy (non-hydrogen) atoms. The monoisotopic (exact) mass is 823 g/mol. The van der Waals surface area contributed by atoms with E-state index in [0.29, 0.717) is 19.3 Å². The van der Waals surface area contributed by atoms with Gasteiger partial charge in [0.05, 0.1) is 0 Å². The van der Waals surface area contributed by atoms with E-state index >= 15 is 0 Å². The van der Waals surface area contributed by atoms with Crippen molar-refractivity contribution in [1.82, 2.24) is 0 Å². The van der Waals surface area contributed by atoms with Crippen molar-refractivity contribution in [3.05, 3.63) is 72.9 Å². The molecule has 0 spiro atoms. The van der Waals surface area contributed by atoms with E-state index in [1.54, 1.807) is 0 Å². The molecule has 0 saturated carbocycles. The van der Waals surface area contributed by atoms with Crippen LogP contribution in [-0.4, -0.2) is 37.2 Å². The highest BCUT2D eigenvalue weighted by Crippen LogP contribution is 2.13. The molecule has 0 radical (unpaired) electrons. The molecule has 6 heteroatoms. The van der Waals surface area contributed by atoms with Gasteiger partial charge in [0, 0.05) is 19.3 Å². The highest BCUT2D eigenvalue weighted by atomic mass is 16.6. The van der Waals surface area contributed by atoms with E-state index < -0.39 is 6.10 Å². The normalized spacial score (nSPS) is 12.7. The van der Waals surface area contributed by atoms with E-state index in [2.05, 4.69) is 93.7 Å². The van der Waals surface area contributed by atoms with E-state index in [4.69, 9.17) is 14.2 Å². The number of allylic oxidation sites excluding steroid dienone is 12. The average Bonchev–Trinajstić information content (AvgIpc) is 3.23. The predicted octanol–water partition coefficient (Wildman–Crippen LogP) is 15.9. The summed E-state index contributed by atoms with van der Waals surface area (Å²) in [6.07, 6.45) is 59.0. The van der Waals surface area contributed by atoms with Crippen molar-refractivity contribution >= 4 is 17.9 Å². The molecule has 1 unspecified atom stereocenters. The van der Waals surface area contributed by atoms with Crippen LogP contribution in [0.25, 0.3) is 0 Å². The van der Waals surface area contributed by atoms with Crippen molar-refractivity contribution in [3.8, 4) is 0 Å². The first-order valence-corrected chi connectivity index (χ1v) is 24.4. The Morgan fingerprint density at radius 1 is 0.356 bits per heavy atom. The van der Waals surface area contributed by atoms with Crippen LogP contribution in [0.1, 0.15) is 226 Å². The molecule has 0 N–H and O–H groups in total. The minimum Gasteiger partial charge on any atom is -0.462 e. The molecule has 0 aliphatic heterocycles. The molecule has 1 atom stereocenters. The van der Waals surface area contributed by atoms with E-state index in [1.807, 2.05) is 0 Å². The van der Waals surface area contributed by atoms with Crippen LogP contribution in [0.5, 0.6) is 0 Å². The number of esters is 3. The van der Waals surface area contributed by atoms with Crippen LogP contribution in [0, 0.1) is 0 Å². The topological polar surface area (TPSA) is 78.9 Å². The summed E-state index contributed by atoms with van der Waals surface area (Å²) in [4.78, 5) is 37.7. The lowest BCUT2D eigenvalue weighted by molar-refractivity contribution is -0.167. The van der Waals surface area contributed by atoms with Crippen molar-refractivity contribution in [2.75, 3.05) is 13.2 Å². The van der Waals surface area contributed by atoms with Gasteiger partial charge >= 0.3 is 17.9 Å². The molecule has 0 aromatic rings. The Balaban J connectivity index is 4.30. The van der Waals surface area contributed by atoms with Crippen LogP contribution in [0.15, 0.2) is 72.9 Å². The minimum atomic E-state index is -0.792.